The molecule has 3 atom stereocenters. The maximum atomic E-state index is 13.5. The topological polar surface area (TPSA) is 154 Å². The molecule has 3 N–H and O–H groups in total. The van der Waals surface area contributed by atoms with E-state index in [9.17, 15) is 23.1 Å². The molecule has 1 aliphatic heterocycles. The van der Waals surface area contributed by atoms with Gasteiger partial charge in [-0.2, -0.15) is 0 Å². The van der Waals surface area contributed by atoms with E-state index in [1.54, 1.807) is 63.1 Å². The van der Waals surface area contributed by atoms with Gasteiger partial charge in [-0.05, 0) is 58.0 Å². The lowest BCUT2D eigenvalue weighted by Crippen LogP contribution is -2.48. The number of urea groups is 1. The average Bonchev–Trinajstić information content (AvgIpc) is 3.29. The lowest BCUT2D eigenvalue weighted by atomic mass is 10.0. The highest BCUT2D eigenvalue weighted by Gasteiger charge is 2.32. The molecule has 0 fully saturated rings. The Bertz CT molecular complexity index is 1550. The summed E-state index contributed by atoms with van der Waals surface area (Å²) in [7, 11) is -2.24. The third kappa shape index (κ3) is 7.46. The monoisotopic (exact) mass is 613 g/mol. The molecule has 0 aliphatic carbocycles. The van der Waals surface area contributed by atoms with Crippen LogP contribution in [0.25, 0.3) is 0 Å². The molecule has 0 saturated carbocycles. The quantitative estimate of drug-likeness (QED) is 0.347. The first kappa shape index (κ1) is 31.8. The molecular weight excluding hydrogens is 574 g/mol. The molecule has 0 spiro atoms. The van der Waals surface area contributed by atoms with Gasteiger partial charge < -0.3 is 29.5 Å². The third-order valence-electron chi connectivity index (χ3n) is 7.57. The molecule has 3 amide bonds. The lowest BCUT2D eigenvalue weighted by molar-refractivity contribution is -0.134. The summed E-state index contributed by atoms with van der Waals surface area (Å²) in [4.78, 5) is 29.8. The first-order valence-corrected chi connectivity index (χ1v) is 15.5. The van der Waals surface area contributed by atoms with Crippen LogP contribution in [0.1, 0.15) is 36.4 Å². The number of anilines is 2. The fourth-order valence-electron chi connectivity index (χ4n) is 4.86. The number of nitrogens with zero attached hydrogens (tertiary/aromatic N) is 3. The summed E-state index contributed by atoms with van der Waals surface area (Å²) in [5, 5.41) is 16.6. The van der Waals surface area contributed by atoms with Crippen molar-refractivity contribution in [3.05, 3.63) is 65.0 Å². The summed E-state index contributed by atoms with van der Waals surface area (Å²) in [6.45, 7) is 9.22. The van der Waals surface area contributed by atoms with Gasteiger partial charge in [0.2, 0.25) is 5.91 Å². The first-order chi connectivity index (χ1) is 20.3. The highest BCUT2D eigenvalue weighted by molar-refractivity contribution is 7.92. The van der Waals surface area contributed by atoms with Crippen molar-refractivity contribution in [3.63, 3.8) is 0 Å². The Morgan fingerprint density at radius 2 is 1.88 bits per heavy atom. The van der Waals surface area contributed by atoms with Crippen LogP contribution in [0, 0.1) is 26.7 Å². The molecule has 3 aromatic rings. The van der Waals surface area contributed by atoms with Gasteiger partial charge in [0.1, 0.15) is 23.2 Å². The Labute approximate surface area is 252 Å². The minimum atomic E-state index is -3.88. The number of aliphatic hydroxyl groups excluding tert-OH is 1. The second-order valence-corrected chi connectivity index (χ2v) is 12.8. The van der Waals surface area contributed by atoms with Crippen molar-refractivity contribution in [2.75, 3.05) is 36.8 Å². The highest BCUT2D eigenvalue weighted by Crippen LogP contribution is 2.30. The van der Waals surface area contributed by atoms with E-state index in [4.69, 9.17) is 9.26 Å². The number of carbonyl (C=O) groups excluding carboxylic acids is 2. The van der Waals surface area contributed by atoms with E-state index in [-0.39, 0.29) is 54.6 Å². The number of amides is 3. The summed E-state index contributed by atoms with van der Waals surface area (Å²) in [5.41, 5.74) is 2.74. The number of hydrogen-bond donors (Lipinski definition) is 3. The highest BCUT2D eigenvalue weighted by atomic mass is 32.2. The van der Waals surface area contributed by atoms with Crippen molar-refractivity contribution in [1.29, 1.82) is 0 Å². The predicted molar refractivity (Wildman–Crippen MR) is 162 cm³/mol. The number of aromatic nitrogens is 1. The zero-order valence-electron chi connectivity index (χ0n) is 25.2. The van der Waals surface area contributed by atoms with Gasteiger partial charge in [0.25, 0.3) is 10.0 Å². The third-order valence-corrected chi connectivity index (χ3v) is 8.96. The van der Waals surface area contributed by atoms with Gasteiger partial charge in [0.05, 0.1) is 30.5 Å². The van der Waals surface area contributed by atoms with Gasteiger partial charge in [-0.3, -0.25) is 9.52 Å². The number of nitrogens with one attached hydrogen (secondary N) is 2. The largest absolute Gasteiger partial charge is 0.488 e. The van der Waals surface area contributed by atoms with E-state index in [1.165, 1.54) is 17.0 Å². The number of rotatable bonds is 8. The van der Waals surface area contributed by atoms with Crippen molar-refractivity contribution in [1.82, 2.24) is 15.0 Å². The summed E-state index contributed by atoms with van der Waals surface area (Å²) in [6.07, 6.45) is -0.616. The molecule has 0 saturated heterocycles. The minimum Gasteiger partial charge on any atom is -0.488 e. The van der Waals surface area contributed by atoms with E-state index in [0.29, 0.717) is 28.5 Å². The Hall–Kier alpha value is -4.10. The van der Waals surface area contributed by atoms with Gasteiger partial charge in [-0.1, -0.05) is 29.8 Å². The average molecular weight is 614 g/mol. The number of ether oxygens (including phenoxy) is 1. The molecular formula is C30H39N5O7S. The van der Waals surface area contributed by atoms with Gasteiger partial charge >= 0.3 is 6.03 Å². The number of aryl methyl sites for hydroxylation is 3. The number of aliphatic hydroxyl groups is 1. The number of benzene rings is 2. The van der Waals surface area contributed by atoms with Crippen LogP contribution in [0.2, 0.25) is 0 Å². The molecule has 12 nitrogen and oxygen atoms in total. The van der Waals surface area contributed by atoms with Crippen LogP contribution in [-0.2, 0) is 21.2 Å². The number of likely N-dealkylation sites (N-methyl/N-ethyl adjacent to an activating group) is 1. The number of carbonyl (C=O) groups is 2. The van der Waals surface area contributed by atoms with Crippen molar-refractivity contribution >= 4 is 33.3 Å². The van der Waals surface area contributed by atoms with Crippen LogP contribution >= 0.6 is 0 Å². The van der Waals surface area contributed by atoms with E-state index in [1.807, 2.05) is 13.8 Å². The van der Waals surface area contributed by atoms with Crippen LogP contribution in [-0.4, -0.2) is 79.3 Å². The fraction of sp³-hybridized carbons (Fsp3) is 0.433. The summed E-state index contributed by atoms with van der Waals surface area (Å²) < 4.78 is 40.3. The van der Waals surface area contributed by atoms with Crippen LogP contribution < -0.4 is 14.8 Å². The van der Waals surface area contributed by atoms with Crippen molar-refractivity contribution in [2.45, 2.75) is 58.1 Å². The van der Waals surface area contributed by atoms with E-state index in [0.717, 1.165) is 5.56 Å². The van der Waals surface area contributed by atoms with E-state index >= 15 is 0 Å². The number of fused-ring (bicyclic) bond motifs is 1. The molecule has 0 bridgehead atoms. The summed E-state index contributed by atoms with van der Waals surface area (Å²) in [6, 6.07) is 10.4. The van der Waals surface area contributed by atoms with Crippen molar-refractivity contribution < 1.29 is 32.4 Å². The second-order valence-electron chi connectivity index (χ2n) is 11.1. The number of sulfonamides is 1. The van der Waals surface area contributed by atoms with Crippen LogP contribution in [0.4, 0.5) is 16.2 Å². The summed E-state index contributed by atoms with van der Waals surface area (Å²) >= 11 is 0. The second kappa shape index (κ2) is 13.0. The van der Waals surface area contributed by atoms with Crippen LogP contribution in [0.15, 0.2) is 51.9 Å². The molecule has 232 valence electrons. The maximum Gasteiger partial charge on any atom is 0.321 e. The normalized spacial score (nSPS) is 18.0. The SMILES string of the molecule is Cc1ccc(S(=O)(=O)Nc2ccc3c(c2)CC(=O)N([C@@H](C)CO)C[C@H](C)[C@H](CN(C)C(=O)Nc2c(C)noc2C)O3)cc1. The van der Waals surface area contributed by atoms with Crippen LogP contribution in [0.5, 0.6) is 5.75 Å². The molecule has 0 radical (unpaired) electrons. The van der Waals surface area contributed by atoms with Gasteiger partial charge in [-0.15, -0.1) is 0 Å². The molecule has 1 aromatic heterocycles. The molecule has 2 heterocycles. The minimum absolute atomic E-state index is 0.0679. The van der Waals surface area contributed by atoms with Gasteiger partial charge in [-0.25, -0.2) is 13.2 Å². The molecule has 2 aromatic carbocycles. The van der Waals surface area contributed by atoms with E-state index in [2.05, 4.69) is 15.2 Å². The number of hydrogen-bond acceptors (Lipinski definition) is 8. The Kier molecular flexibility index (Phi) is 9.65. The first-order valence-electron chi connectivity index (χ1n) is 14.0. The molecule has 1 aliphatic rings. The lowest BCUT2D eigenvalue weighted by Gasteiger charge is -2.34. The predicted octanol–water partition coefficient (Wildman–Crippen LogP) is 3.71. The van der Waals surface area contributed by atoms with Crippen molar-refractivity contribution in [3.8, 4) is 5.75 Å². The standard InChI is InChI=1S/C30H39N5O7S/c1-18-7-10-25(11-8-18)43(39,40)33-24-9-12-26-23(13-24)14-28(37)35(20(3)17-36)15-19(2)27(41-26)16-34(6)30(38)31-29-21(4)32-42-22(29)5/h7-13,19-20,27,33,36H,14-17H2,1-6H3,(H,31,38)/t19-,20-,27-/m0/s1. The molecule has 4 rings (SSSR count). The molecule has 0 unspecified atom stereocenters. The van der Waals surface area contributed by atoms with E-state index < -0.39 is 22.2 Å². The fourth-order valence-corrected chi connectivity index (χ4v) is 5.91. The van der Waals surface area contributed by atoms with Gasteiger partial charge in [0.15, 0.2) is 5.76 Å². The summed E-state index contributed by atoms with van der Waals surface area (Å²) in [5.74, 6) is 0.419. The smallest absolute Gasteiger partial charge is 0.321 e. The molecule has 13 heteroatoms. The van der Waals surface area contributed by atoms with Crippen LogP contribution in [0.3, 0.4) is 0 Å². The zero-order valence-corrected chi connectivity index (χ0v) is 26.1. The molecule has 43 heavy (non-hydrogen) atoms. The zero-order chi connectivity index (χ0) is 31.5. The maximum absolute atomic E-state index is 13.5. The Morgan fingerprint density at radius 1 is 1.19 bits per heavy atom. The van der Waals surface area contributed by atoms with Gasteiger partial charge in [0, 0.05) is 30.8 Å². The van der Waals surface area contributed by atoms with Crippen molar-refractivity contribution in [2.24, 2.45) is 5.92 Å². The Morgan fingerprint density at radius 3 is 2.51 bits per heavy atom. The Balaban J connectivity index is 1.62.